The monoisotopic (exact) mass is 331 g/mol. The van der Waals surface area contributed by atoms with Gasteiger partial charge in [0.05, 0.1) is 5.57 Å². The molecule has 124 valence electrons. The summed E-state index contributed by atoms with van der Waals surface area (Å²) in [5.74, 6) is 0.466. The number of benzene rings is 2. The van der Waals surface area contributed by atoms with Crippen LogP contribution in [0.2, 0.25) is 0 Å². The number of amides is 1. The Hall–Kier alpha value is -3.41. The van der Waals surface area contributed by atoms with Crippen LogP contribution in [0.4, 0.5) is 11.6 Å². The molecule has 6 nitrogen and oxygen atoms in total. The maximum absolute atomic E-state index is 13.0. The minimum absolute atomic E-state index is 0.161. The van der Waals surface area contributed by atoms with Crippen LogP contribution in [-0.2, 0) is 4.79 Å². The first-order valence-electron chi connectivity index (χ1n) is 8.02. The van der Waals surface area contributed by atoms with E-state index in [4.69, 9.17) is 0 Å². The predicted octanol–water partition coefficient (Wildman–Crippen LogP) is 3.21. The van der Waals surface area contributed by atoms with Gasteiger partial charge in [-0.25, -0.2) is 4.68 Å². The highest BCUT2D eigenvalue weighted by Gasteiger charge is 2.33. The maximum atomic E-state index is 13.0. The van der Waals surface area contributed by atoms with E-state index in [9.17, 15) is 4.79 Å². The van der Waals surface area contributed by atoms with Crippen molar-refractivity contribution in [1.29, 1.82) is 0 Å². The van der Waals surface area contributed by atoms with Gasteiger partial charge in [0, 0.05) is 11.4 Å². The Balaban J connectivity index is 1.77. The molecule has 0 aliphatic carbocycles. The molecule has 1 aliphatic rings. The van der Waals surface area contributed by atoms with Crippen molar-refractivity contribution in [2.24, 2.45) is 0 Å². The van der Waals surface area contributed by atoms with Crippen LogP contribution in [0.25, 0.3) is 0 Å². The number of fused-ring (bicyclic) bond motifs is 1. The normalized spacial score (nSPS) is 16.1. The summed E-state index contributed by atoms with van der Waals surface area (Å²) in [6, 6.07) is 18.9. The Labute approximate surface area is 145 Å². The molecule has 25 heavy (non-hydrogen) atoms. The molecule has 6 heteroatoms. The van der Waals surface area contributed by atoms with Crippen LogP contribution < -0.4 is 10.6 Å². The molecule has 1 aliphatic heterocycles. The summed E-state index contributed by atoms with van der Waals surface area (Å²) in [6.45, 7) is 1.88. The molecule has 4 rings (SSSR count). The fourth-order valence-electron chi connectivity index (χ4n) is 3.05. The highest BCUT2D eigenvalue weighted by molar-refractivity contribution is 6.05. The lowest BCUT2D eigenvalue weighted by atomic mass is 9.95. The number of nitrogens with zero attached hydrogens (tertiary/aromatic N) is 3. The zero-order valence-corrected chi connectivity index (χ0v) is 13.7. The van der Waals surface area contributed by atoms with E-state index in [0.29, 0.717) is 11.5 Å². The van der Waals surface area contributed by atoms with Gasteiger partial charge >= 0.3 is 0 Å². The Morgan fingerprint density at radius 1 is 1.08 bits per heavy atom. The largest absolute Gasteiger partial charge is 0.328 e. The lowest BCUT2D eigenvalue weighted by Crippen LogP contribution is -2.31. The summed E-state index contributed by atoms with van der Waals surface area (Å²) >= 11 is 0. The second-order valence-corrected chi connectivity index (χ2v) is 5.83. The molecular formula is C19H17N5O. The van der Waals surface area contributed by atoms with Crippen molar-refractivity contribution in [2.75, 3.05) is 10.6 Å². The number of allylic oxidation sites excluding steroid dienone is 1. The zero-order chi connectivity index (χ0) is 17.2. The molecule has 2 N–H and O–H groups in total. The summed E-state index contributed by atoms with van der Waals surface area (Å²) in [4.78, 5) is 17.3. The van der Waals surface area contributed by atoms with Gasteiger partial charge in [-0.05, 0) is 24.6 Å². The predicted molar refractivity (Wildman–Crippen MR) is 96.0 cm³/mol. The fourth-order valence-corrected chi connectivity index (χ4v) is 3.05. The molecule has 2 heterocycles. The smallest absolute Gasteiger partial charge is 0.255 e. The standard InChI is InChI=1S/C19H17N5O/c1-13-16(18(25)23-15-10-6-3-7-11-15)17(14-8-4-2-5-9-14)24-19(22-13)20-12-21-24/h2-12,17H,1H3,(H,23,25)(H,20,21,22)/t17-/m0/s1. The van der Waals surface area contributed by atoms with E-state index in [-0.39, 0.29) is 11.9 Å². The molecule has 0 unspecified atom stereocenters. The molecule has 1 amide bonds. The van der Waals surface area contributed by atoms with Crippen molar-refractivity contribution in [1.82, 2.24) is 14.8 Å². The number of para-hydroxylation sites is 1. The van der Waals surface area contributed by atoms with E-state index in [1.54, 1.807) is 4.68 Å². The number of carbonyl (C=O) groups is 1. The second-order valence-electron chi connectivity index (χ2n) is 5.83. The molecule has 0 spiro atoms. The van der Waals surface area contributed by atoms with E-state index in [2.05, 4.69) is 20.7 Å². The molecule has 2 aromatic carbocycles. The molecular weight excluding hydrogens is 314 g/mol. The second kappa shape index (κ2) is 6.24. The summed E-state index contributed by atoms with van der Waals surface area (Å²) in [5, 5.41) is 10.4. The van der Waals surface area contributed by atoms with E-state index < -0.39 is 0 Å². The summed E-state index contributed by atoms with van der Waals surface area (Å²) in [5.41, 5.74) is 3.12. The number of hydrogen-bond donors (Lipinski definition) is 2. The topological polar surface area (TPSA) is 71.8 Å². The van der Waals surface area contributed by atoms with Crippen LogP contribution >= 0.6 is 0 Å². The van der Waals surface area contributed by atoms with Crippen molar-refractivity contribution >= 4 is 17.5 Å². The molecule has 0 saturated carbocycles. The third-order valence-electron chi connectivity index (χ3n) is 4.19. The van der Waals surface area contributed by atoms with E-state index in [1.807, 2.05) is 67.6 Å². The minimum atomic E-state index is -0.330. The van der Waals surface area contributed by atoms with Crippen LogP contribution in [0.3, 0.4) is 0 Å². The van der Waals surface area contributed by atoms with Gasteiger partial charge in [-0.2, -0.15) is 10.1 Å². The van der Waals surface area contributed by atoms with Crippen molar-refractivity contribution in [3.8, 4) is 0 Å². The molecule has 3 aromatic rings. The Morgan fingerprint density at radius 3 is 2.48 bits per heavy atom. The van der Waals surface area contributed by atoms with E-state index in [0.717, 1.165) is 16.9 Å². The molecule has 0 saturated heterocycles. The van der Waals surface area contributed by atoms with Crippen molar-refractivity contribution in [3.63, 3.8) is 0 Å². The van der Waals surface area contributed by atoms with Crippen LogP contribution in [-0.4, -0.2) is 20.7 Å². The lowest BCUT2D eigenvalue weighted by molar-refractivity contribution is -0.113. The van der Waals surface area contributed by atoms with E-state index in [1.165, 1.54) is 6.33 Å². The first-order valence-corrected chi connectivity index (χ1v) is 8.02. The van der Waals surface area contributed by atoms with Crippen LogP contribution in [0.5, 0.6) is 0 Å². The number of carbonyl (C=O) groups excluding carboxylic acids is 1. The zero-order valence-electron chi connectivity index (χ0n) is 13.7. The summed E-state index contributed by atoms with van der Waals surface area (Å²) in [7, 11) is 0. The van der Waals surface area contributed by atoms with Crippen LogP contribution in [0.1, 0.15) is 18.5 Å². The number of hydrogen-bond acceptors (Lipinski definition) is 4. The third kappa shape index (κ3) is 2.78. The average molecular weight is 331 g/mol. The van der Waals surface area contributed by atoms with Crippen molar-refractivity contribution < 1.29 is 4.79 Å². The Morgan fingerprint density at radius 2 is 1.76 bits per heavy atom. The van der Waals surface area contributed by atoms with Gasteiger partial charge in [-0.3, -0.25) is 4.79 Å². The van der Waals surface area contributed by atoms with Gasteiger partial charge in [0.1, 0.15) is 12.4 Å². The first kappa shape index (κ1) is 15.1. The average Bonchev–Trinajstić information content (AvgIpc) is 3.10. The summed E-state index contributed by atoms with van der Waals surface area (Å²) in [6.07, 6.45) is 1.49. The molecule has 1 atom stereocenters. The van der Waals surface area contributed by atoms with Gasteiger partial charge in [0.2, 0.25) is 5.95 Å². The van der Waals surface area contributed by atoms with Crippen molar-refractivity contribution in [2.45, 2.75) is 13.0 Å². The van der Waals surface area contributed by atoms with Crippen LogP contribution in [0, 0.1) is 0 Å². The van der Waals surface area contributed by atoms with E-state index >= 15 is 0 Å². The molecule has 1 aromatic heterocycles. The number of nitrogens with one attached hydrogen (secondary N) is 2. The molecule has 0 bridgehead atoms. The Kier molecular flexibility index (Phi) is 3.78. The highest BCUT2D eigenvalue weighted by atomic mass is 16.1. The molecule has 0 fully saturated rings. The van der Waals surface area contributed by atoms with Gasteiger partial charge < -0.3 is 10.6 Å². The minimum Gasteiger partial charge on any atom is -0.328 e. The lowest BCUT2D eigenvalue weighted by Gasteiger charge is -2.28. The third-order valence-corrected chi connectivity index (χ3v) is 4.19. The first-order chi connectivity index (χ1) is 12.2. The van der Waals surface area contributed by atoms with Gasteiger partial charge in [-0.15, -0.1) is 0 Å². The summed E-state index contributed by atoms with van der Waals surface area (Å²) < 4.78 is 1.74. The maximum Gasteiger partial charge on any atom is 0.255 e. The molecule has 0 radical (unpaired) electrons. The van der Waals surface area contributed by atoms with Gasteiger partial charge in [0.25, 0.3) is 5.91 Å². The number of rotatable bonds is 3. The number of aromatic nitrogens is 3. The number of anilines is 2. The van der Waals surface area contributed by atoms with Gasteiger partial charge in [-0.1, -0.05) is 48.5 Å². The van der Waals surface area contributed by atoms with Crippen LogP contribution in [0.15, 0.2) is 78.3 Å². The fraction of sp³-hybridized carbons (Fsp3) is 0.105. The van der Waals surface area contributed by atoms with Crippen molar-refractivity contribution in [3.05, 3.63) is 83.8 Å². The highest BCUT2D eigenvalue weighted by Crippen LogP contribution is 2.34. The quantitative estimate of drug-likeness (QED) is 0.773. The SMILES string of the molecule is CC1=C(C(=O)Nc2ccccc2)[C@H](c2ccccc2)n2ncnc2N1. The Bertz CT molecular complexity index is 931. The van der Waals surface area contributed by atoms with Gasteiger partial charge in [0.15, 0.2) is 0 Å².